The first kappa shape index (κ1) is 13.2. The van der Waals surface area contributed by atoms with Crippen molar-refractivity contribution in [3.05, 3.63) is 24.0 Å². The predicted molar refractivity (Wildman–Crippen MR) is 72.5 cm³/mol. The molecule has 1 fully saturated rings. The maximum Gasteiger partial charge on any atom is 0.167 e. The third-order valence-corrected chi connectivity index (χ3v) is 4.21. The van der Waals surface area contributed by atoms with Crippen LogP contribution in [0, 0.1) is 17.7 Å². The van der Waals surface area contributed by atoms with Crippen LogP contribution in [0.25, 0.3) is 0 Å². The van der Waals surface area contributed by atoms with E-state index in [1.165, 1.54) is 32.4 Å². The number of nitrogens with one attached hydrogen (secondary N) is 1. The Morgan fingerprint density at radius 3 is 2.72 bits per heavy atom. The first-order chi connectivity index (χ1) is 8.61. The summed E-state index contributed by atoms with van der Waals surface area (Å²) in [5.41, 5.74) is 0.847. The van der Waals surface area contributed by atoms with Crippen LogP contribution in [0.1, 0.15) is 33.1 Å². The Bertz CT molecular complexity index is 407. The zero-order chi connectivity index (χ0) is 13.1. The predicted octanol–water partition coefficient (Wildman–Crippen LogP) is 4.07. The minimum atomic E-state index is -0.306. The minimum Gasteiger partial charge on any atom is -0.494 e. The van der Waals surface area contributed by atoms with Crippen molar-refractivity contribution in [2.75, 3.05) is 12.4 Å². The molecule has 1 saturated carbocycles. The topological polar surface area (TPSA) is 21.3 Å². The summed E-state index contributed by atoms with van der Waals surface area (Å²) in [6.45, 7) is 4.58. The van der Waals surface area contributed by atoms with Crippen LogP contribution in [0.15, 0.2) is 18.2 Å². The van der Waals surface area contributed by atoms with Crippen molar-refractivity contribution in [2.45, 2.75) is 39.2 Å². The molecular weight excluding hydrogens is 229 g/mol. The molecule has 0 aromatic heterocycles. The highest BCUT2D eigenvalue weighted by atomic mass is 19.1. The molecule has 0 amide bonds. The number of hydrogen-bond donors (Lipinski definition) is 1. The van der Waals surface area contributed by atoms with E-state index in [1.54, 1.807) is 6.07 Å². The van der Waals surface area contributed by atoms with Gasteiger partial charge in [-0.2, -0.15) is 0 Å². The van der Waals surface area contributed by atoms with E-state index in [4.69, 9.17) is 4.74 Å². The summed E-state index contributed by atoms with van der Waals surface area (Å²) in [4.78, 5) is 0. The van der Waals surface area contributed by atoms with Crippen molar-refractivity contribution in [1.29, 1.82) is 0 Å². The van der Waals surface area contributed by atoms with Crippen LogP contribution in [-0.4, -0.2) is 13.2 Å². The van der Waals surface area contributed by atoms with Gasteiger partial charge in [-0.05, 0) is 30.4 Å². The first-order valence-electron chi connectivity index (χ1n) is 6.72. The van der Waals surface area contributed by atoms with Gasteiger partial charge in [0.15, 0.2) is 11.6 Å². The van der Waals surface area contributed by atoms with E-state index in [1.807, 2.05) is 6.07 Å². The van der Waals surface area contributed by atoms with E-state index in [0.29, 0.717) is 17.7 Å². The second kappa shape index (κ2) is 5.59. The Balaban J connectivity index is 2.06. The third kappa shape index (κ3) is 2.77. The quantitative estimate of drug-likeness (QED) is 0.874. The largest absolute Gasteiger partial charge is 0.494 e. The second-order valence-electron chi connectivity index (χ2n) is 5.37. The number of benzene rings is 1. The van der Waals surface area contributed by atoms with Crippen LogP contribution in [0.2, 0.25) is 0 Å². The highest BCUT2D eigenvalue weighted by Crippen LogP contribution is 2.32. The van der Waals surface area contributed by atoms with Gasteiger partial charge in [-0.25, -0.2) is 4.39 Å². The lowest BCUT2D eigenvalue weighted by Crippen LogP contribution is -2.35. The number of hydrogen-bond acceptors (Lipinski definition) is 2. The lowest BCUT2D eigenvalue weighted by atomic mass is 9.78. The van der Waals surface area contributed by atoms with Crippen molar-refractivity contribution in [1.82, 2.24) is 0 Å². The molecule has 18 heavy (non-hydrogen) atoms. The molecule has 1 aromatic carbocycles. The Kier molecular flexibility index (Phi) is 4.10. The molecule has 100 valence electrons. The average molecular weight is 251 g/mol. The molecule has 2 rings (SSSR count). The standard InChI is InChI=1S/C15H22FNO/c1-10-5-4-6-14(11(10)2)17-12-7-8-15(18-3)13(16)9-12/h7-11,14,17H,4-6H2,1-3H3. The molecule has 0 radical (unpaired) electrons. The van der Waals surface area contributed by atoms with Gasteiger partial charge in [0.05, 0.1) is 7.11 Å². The van der Waals surface area contributed by atoms with E-state index in [0.717, 1.165) is 11.6 Å². The van der Waals surface area contributed by atoms with Crippen molar-refractivity contribution in [3.63, 3.8) is 0 Å². The maximum atomic E-state index is 13.6. The summed E-state index contributed by atoms with van der Waals surface area (Å²) < 4.78 is 18.5. The lowest BCUT2D eigenvalue weighted by Gasteiger charge is -2.35. The molecule has 1 N–H and O–H groups in total. The molecule has 1 aromatic rings. The van der Waals surface area contributed by atoms with Crippen molar-refractivity contribution in [3.8, 4) is 5.75 Å². The highest BCUT2D eigenvalue weighted by molar-refractivity contribution is 5.48. The number of methoxy groups -OCH3 is 1. The molecule has 3 unspecified atom stereocenters. The van der Waals surface area contributed by atoms with E-state index >= 15 is 0 Å². The molecule has 3 heteroatoms. The SMILES string of the molecule is COc1ccc(NC2CCCC(C)C2C)cc1F. The molecule has 0 aliphatic heterocycles. The summed E-state index contributed by atoms with van der Waals surface area (Å²) >= 11 is 0. The molecule has 2 nitrogen and oxygen atoms in total. The van der Waals surface area contributed by atoms with Crippen LogP contribution < -0.4 is 10.1 Å². The van der Waals surface area contributed by atoms with E-state index in [9.17, 15) is 4.39 Å². The highest BCUT2D eigenvalue weighted by Gasteiger charge is 2.26. The zero-order valence-corrected chi connectivity index (χ0v) is 11.4. The van der Waals surface area contributed by atoms with Crippen LogP contribution in [0.3, 0.4) is 0 Å². The summed E-state index contributed by atoms with van der Waals surface area (Å²) in [7, 11) is 1.48. The Hall–Kier alpha value is -1.25. The van der Waals surface area contributed by atoms with Gasteiger partial charge in [-0.15, -0.1) is 0 Å². The first-order valence-corrected chi connectivity index (χ1v) is 6.72. The summed E-state index contributed by atoms with van der Waals surface area (Å²) in [5.74, 6) is 1.35. The molecular formula is C15H22FNO. The fourth-order valence-electron chi connectivity index (χ4n) is 2.76. The smallest absolute Gasteiger partial charge is 0.167 e. The van der Waals surface area contributed by atoms with Crippen LogP contribution in [0.4, 0.5) is 10.1 Å². The minimum absolute atomic E-state index is 0.297. The molecule has 0 bridgehead atoms. The number of ether oxygens (including phenoxy) is 1. The molecule has 0 heterocycles. The summed E-state index contributed by atoms with van der Waals surface area (Å²) in [5, 5.41) is 3.46. The van der Waals surface area contributed by atoms with Gasteiger partial charge in [0.2, 0.25) is 0 Å². The fourth-order valence-corrected chi connectivity index (χ4v) is 2.76. The fraction of sp³-hybridized carbons (Fsp3) is 0.600. The average Bonchev–Trinajstić information content (AvgIpc) is 2.35. The Morgan fingerprint density at radius 1 is 1.28 bits per heavy atom. The van der Waals surface area contributed by atoms with Gasteiger partial charge in [-0.1, -0.05) is 26.7 Å². The van der Waals surface area contributed by atoms with Crippen molar-refractivity contribution in [2.24, 2.45) is 11.8 Å². The third-order valence-electron chi connectivity index (χ3n) is 4.21. The van der Waals surface area contributed by atoms with Crippen LogP contribution in [-0.2, 0) is 0 Å². The molecule has 0 spiro atoms. The van der Waals surface area contributed by atoms with Gasteiger partial charge in [0.1, 0.15) is 0 Å². The number of anilines is 1. The molecule has 0 saturated heterocycles. The number of halogens is 1. The lowest BCUT2D eigenvalue weighted by molar-refractivity contribution is 0.253. The Morgan fingerprint density at radius 2 is 2.06 bits per heavy atom. The van der Waals surface area contributed by atoms with Gasteiger partial charge in [0, 0.05) is 17.8 Å². The van der Waals surface area contributed by atoms with Crippen LogP contribution in [0.5, 0.6) is 5.75 Å². The van der Waals surface area contributed by atoms with E-state index < -0.39 is 0 Å². The van der Waals surface area contributed by atoms with Crippen molar-refractivity contribution < 1.29 is 9.13 Å². The number of rotatable bonds is 3. The summed E-state index contributed by atoms with van der Waals surface area (Å²) in [6, 6.07) is 5.52. The molecule has 1 aliphatic carbocycles. The maximum absolute atomic E-state index is 13.6. The second-order valence-corrected chi connectivity index (χ2v) is 5.37. The van der Waals surface area contributed by atoms with Crippen molar-refractivity contribution >= 4 is 5.69 Å². The van der Waals surface area contributed by atoms with Gasteiger partial charge < -0.3 is 10.1 Å². The van der Waals surface area contributed by atoms with Gasteiger partial charge in [-0.3, -0.25) is 0 Å². The zero-order valence-electron chi connectivity index (χ0n) is 11.4. The van der Waals surface area contributed by atoms with Gasteiger partial charge in [0.25, 0.3) is 0 Å². The summed E-state index contributed by atoms with van der Waals surface area (Å²) in [6.07, 6.45) is 3.72. The van der Waals surface area contributed by atoms with E-state index in [-0.39, 0.29) is 5.82 Å². The molecule has 3 atom stereocenters. The van der Waals surface area contributed by atoms with E-state index in [2.05, 4.69) is 19.2 Å². The Labute approximate surface area is 109 Å². The van der Waals surface area contributed by atoms with Crippen LogP contribution >= 0.6 is 0 Å². The molecule has 1 aliphatic rings. The monoisotopic (exact) mass is 251 g/mol. The normalized spacial score (nSPS) is 27.9. The van der Waals surface area contributed by atoms with Gasteiger partial charge >= 0.3 is 0 Å².